The Hall–Kier alpha value is -0.0151. The molecule has 0 aliphatic carbocycles. The van der Waals surface area contributed by atoms with Gasteiger partial charge in [0, 0.05) is 11.6 Å². The van der Waals surface area contributed by atoms with Crippen LogP contribution in [-0.2, 0) is 4.65 Å². The summed E-state index contributed by atoms with van der Waals surface area (Å²) in [5.74, 6) is 0.548. The van der Waals surface area contributed by atoms with Gasteiger partial charge in [-0.2, -0.15) is 0 Å². The summed E-state index contributed by atoms with van der Waals surface area (Å²) in [4.78, 5) is 0. The Labute approximate surface area is 76.2 Å². The van der Waals surface area contributed by atoms with Crippen LogP contribution < -0.4 is 5.23 Å². The van der Waals surface area contributed by atoms with Crippen molar-refractivity contribution < 1.29 is 4.65 Å². The number of hydrogen-bond donors (Lipinski definition) is 1. The van der Waals surface area contributed by atoms with Crippen LogP contribution in [0.1, 0.15) is 41.0 Å². The minimum Gasteiger partial charge on any atom is -0.419 e. The first-order chi connectivity index (χ1) is 5.41. The zero-order valence-corrected chi connectivity index (χ0v) is 8.85. The molecule has 3 heteroatoms. The van der Waals surface area contributed by atoms with Gasteiger partial charge in [-0.3, -0.25) is 0 Å². The second-order valence-electron chi connectivity index (χ2n) is 4.84. The number of hydrogen-bond acceptors (Lipinski definition) is 2. The molecule has 0 aromatic carbocycles. The lowest BCUT2D eigenvalue weighted by atomic mass is 9.65. The fourth-order valence-electron chi connectivity index (χ4n) is 1.82. The van der Waals surface area contributed by atoms with Gasteiger partial charge in [0.15, 0.2) is 0 Å². The predicted molar refractivity (Wildman–Crippen MR) is 53.2 cm³/mol. The maximum absolute atomic E-state index is 5.77. The minimum absolute atomic E-state index is 0.226. The van der Waals surface area contributed by atoms with Crippen LogP contribution in [0.2, 0.25) is 5.82 Å². The molecule has 0 aromatic rings. The molecule has 1 fully saturated rings. The zero-order valence-electron chi connectivity index (χ0n) is 8.85. The fourth-order valence-corrected chi connectivity index (χ4v) is 1.82. The van der Waals surface area contributed by atoms with Crippen LogP contribution in [0.5, 0.6) is 0 Å². The smallest absolute Gasteiger partial charge is 0.383 e. The SMILES string of the molecule is CC1CC(C)(C)NB(C(C)C)O1. The van der Waals surface area contributed by atoms with Gasteiger partial charge in [0.1, 0.15) is 0 Å². The fraction of sp³-hybridized carbons (Fsp3) is 1.00. The van der Waals surface area contributed by atoms with Crippen LogP contribution in [-0.4, -0.2) is 18.7 Å². The average molecular weight is 169 g/mol. The molecule has 2 nitrogen and oxygen atoms in total. The minimum atomic E-state index is 0.226. The lowest BCUT2D eigenvalue weighted by Gasteiger charge is -2.40. The van der Waals surface area contributed by atoms with Crippen LogP contribution in [0.4, 0.5) is 0 Å². The molecular weight excluding hydrogens is 149 g/mol. The maximum Gasteiger partial charge on any atom is 0.383 e. The Balaban J connectivity index is 2.58. The molecule has 0 radical (unpaired) electrons. The summed E-state index contributed by atoms with van der Waals surface area (Å²) in [6.45, 7) is 11.0. The highest BCUT2D eigenvalue weighted by atomic mass is 16.5. The average Bonchev–Trinajstić information content (AvgIpc) is 1.82. The number of nitrogens with one attached hydrogen (secondary N) is 1. The van der Waals surface area contributed by atoms with Crippen LogP contribution in [0.25, 0.3) is 0 Å². The summed E-state index contributed by atoms with van der Waals surface area (Å²) in [5.41, 5.74) is 0.229. The molecule has 0 saturated carbocycles. The molecule has 1 atom stereocenters. The van der Waals surface area contributed by atoms with Gasteiger partial charge in [-0.05, 0) is 33.0 Å². The van der Waals surface area contributed by atoms with Gasteiger partial charge < -0.3 is 9.88 Å². The van der Waals surface area contributed by atoms with Gasteiger partial charge in [0.25, 0.3) is 0 Å². The van der Waals surface area contributed by atoms with Gasteiger partial charge in [-0.1, -0.05) is 13.8 Å². The standard InChI is InChI=1S/C9H20BNO/c1-7(2)10-11-9(4,5)6-8(3)12-10/h7-8,11H,6H2,1-5H3. The second-order valence-corrected chi connectivity index (χ2v) is 4.84. The molecule has 0 bridgehead atoms. The van der Waals surface area contributed by atoms with Crippen LogP contribution in [0.3, 0.4) is 0 Å². The molecule has 1 heterocycles. The molecule has 0 aromatic heterocycles. The van der Waals surface area contributed by atoms with E-state index in [4.69, 9.17) is 4.65 Å². The maximum atomic E-state index is 5.77. The molecule has 1 aliphatic heterocycles. The predicted octanol–water partition coefficient (Wildman–Crippen LogP) is 2.06. The van der Waals surface area contributed by atoms with Crippen LogP contribution >= 0.6 is 0 Å². The Bertz CT molecular complexity index is 159. The van der Waals surface area contributed by atoms with Crippen molar-refractivity contribution in [3.8, 4) is 0 Å². The Morgan fingerprint density at radius 1 is 1.50 bits per heavy atom. The topological polar surface area (TPSA) is 21.3 Å². The van der Waals surface area contributed by atoms with Crippen LogP contribution in [0, 0.1) is 0 Å². The van der Waals surface area contributed by atoms with E-state index in [2.05, 4.69) is 39.8 Å². The summed E-state index contributed by atoms with van der Waals surface area (Å²) in [7, 11) is 0.226. The van der Waals surface area contributed by atoms with Crippen molar-refractivity contribution in [3.63, 3.8) is 0 Å². The first kappa shape index (κ1) is 10.1. The highest BCUT2D eigenvalue weighted by Gasteiger charge is 2.36. The summed E-state index contributed by atoms with van der Waals surface area (Å²) in [6, 6.07) is 0. The van der Waals surface area contributed by atoms with Crippen molar-refractivity contribution in [1.82, 2.24) is 5.23 Å². The second kappa shape index (κ2) is 3.39. The summed E-state index contributed by atoms with van der Waals surface area (Å²) in [5, 5.41) is 3.50. The first-order valence-corrected chi connectivity index (χ1v) is 4.84. The zero-order chi connectivity index (χ0) is 9.35. The summed E-state index contributed by atoms with van der Waals surface area (Å²) in [6.07, 6.45) is 1.48. The van der Waals surface area contributed by atoms with Crippen molar-refractivity contribution in [2.45, 2.75) is 58.5 Å². The van der Waals surface area contributed by atoms with E-state index in [1.165, 1.54) is 0 Å². The molecule has 1 rings (SSSR count). The third-order valence-corrected chi connectivity index (χ3v) is 2.32. The van der Waals surface area contributed by atoms with E-state index >= 15 is 0 Å². The van der Waals surface area contributed by atoms with E-state index in [0.29, 0.717) is 11.9 Å². The monoisotopic (exact) mass is 169 g/mol. The highest BCUT2D eigenvalue weighted by Crippen LogP contribution is 2.23. The lowest BCUT2D eigenvalue weighted by Crippen LogP contribution is -2.58. The van der Waals surface area contributed by atoms with Crippen molar-refractivity contribution in [2.75, 3.05) is 0 Å². The first-order valence-electron chi connectivity index (χ1n) is 4.84. The van der Waals surface area contributed by atoms with Crippen LogP contribution in [0.15, 0.2) is 0 Å². The Kier molecular flexibility index (Phi) is 2.84. The van der Waals surface area contributed by atoms with Gasteiger partial charge >= 0.3 is 7.05 Å². The van der Waals surface area contributed by atoms with Crippen molar-refractivity contribution in [3.05, 3.63) is 0 Å². The summed E-state index contributed by atoms with van der Waals surface area (Å²) < 4.78 is 5.77. The molecular formula is C9H20BNO. The van der Waals surface area contributed by atoms with E-state index < -0.39 is 0 Å². The van der Waals surface area contributed by atoms with Gasteiger partial charge in [-0.15, -0.1) is 0 Å². The van der Waals surface area contributed by atoms with Gasteiger partial charge in [0.2, 0.25) is 0 Å². The highest BCUT2D eigenvalue weighted by molar-refractivity contribution is 6.51. The van der Waals surface area contributed by atoms with Crippen molar-refractivity contribution in [2.24, 2.45) is 0 Å². The van der Waals surface area contributed by atoms with Gasteiger partial charge in [-0.25, -0.2) is 0 Å². The van der Waals surface area contributed by atoms with E-state index in [9.17, 15) is 0 Å². The molecule has 1 aliphatic rings. The molecule has 70 valence electrons. The molecule has 0 amide bonds. The van der Waals surface area contributed by atoms with Crippen molar-refractivity contribution in [1.29, 1.82) is 0 Å². The molecule has 1 unspecified atom stereocenters. The van der Waals surface area contributed by atoms with E-state index in [-0.39, 0.29) is 12.6 Å². The third-order valence-electron chi connectivity index (χ3n) is 2.32. The normalized spacial score (nSPS) is 29.5. The van der Waals surface area contributed by atoms with Crippen molar-refractivity contribution >= 4 is 7.05 Å². The lowest BCUT2D eigenvalue weighted by molar-refractivity contribution is 0.128. The largest absolute Gasteiger partial charge is 0.419 e. The van der Waals surface area contributed by atoms with E-state index in [1.54, 1.807) is 0 Å². The van der Waals surface area contributed by atoms with Gasteiger partial charge in [0.05, 0.1) is 0 Å². The summed E-state index contributed by atoms with van der Waals surface area (Å²) >= 11 is 0. The molecule has 0 spiro atoms. The molecule has 1 N–H and O–H groups in total. The van der Waals surface area contributed by atoms with E-state index in [1.807, 2.05) is 0 Å². The third kappa shape index (κ3) is 2.49. The molecule has 12 heavy (non-hydrogen) atoms. The number of rotatable bonds is 1. The molecule has 1 saturated heterocycles. The Morgan fingerprint density at radius 2 is 2.08 bits per heavy atom. The van der Waals surface area contributed by atoms with E-state index in [0.717, 1.165) is 6.42 Å². The quantitative estimate of drug-likeness (QED) is 0.606. The Morgan fingerprint density at radius 3 is 2.50 bits per heavy atom.